The molecular formula is C48H30N2O2S. The molecule has 0 aliphatic rings. The summed E-state index contributed by atoms with van der Waals surface area (Å²) in [4.78, 5) is 4.66. The Hall–Kier alpha value is -6.82. The average molecular weight is 699 g/mol. The van der Waals surface area contributed by atoms with Crippen LogP contribution in [0.15, 0.2) is 191 Å². The van der Waals surface area contributed by atoms with Crippen LogP contribution in [0.2, 0.25) is 0 Å². The Morgan fingerprint density at radius 3 is 1.55 bits per heavy atom. The summed E-state index contributed by atoms with van der Waals surface area (Å²) in [6.07, 6.45) is 0. The Kier molecular flexibility index (Phi) is 6.69. The molecule has 0 N–H and O–H groups in total. The van der Waals surface area contributed by atoms with Gasteiger partial charge in [-0.3, -0.25) is 0 Å². The maximum absolute atomic E-state index is 6.76. The number of hydrogen-bond acceptors (Lipinski definition) is 5. The maximum atomic E-state index is 6.76. The molecule has 0 fully saturated rings. The Bertz CT molecular complexity index is 3140. The molecule has 8 aromatic carbocycles. The second-order valence-corrected chi connectivity index (χ2v) is 14.4. The monoisotopic (exact) mass is 698 g/mol. The predicted octanol–water partition coefficient (Wildman–Crippen LogP) is 14.8. The summed E-state index contributed by atoms with van der Waals surface area (Å²) in [5.74, 6) is 0. The zero-order chi connectivity index (χ0) is 34.9. The lowest BCUT2D eigenvalue weighted by atomic mass is 10.0. The van der Waals surface area contributed by atoms with Crippen molar-refractivity contribution in [2.75, 3.05) is 9.80 Å². The molecule has 0 saturated heterocycles. The van der Waals surface area contributed by atoms with E-state index in [1.807, 2.05) is 29.5 Å². The van der Waals surface area contributed by atoms with Crippen LogP contribution in [-0.2, 0) is 0 Å². The number of fused-ring (bicyclic) bond motifs is 9. The minimum Gasteiger partial charge on any atom is -0.456 e. The van der Waals surface area contributed by atoms with E-state index in [4.69, 9.17) is 8.83 Å². The Morgan fingerprint density at radius 2 is 0.830 bits per heavy atom. The molecule has 0 aliphatic carbocycles. The zero-order valence-corrected chi connectivity index (χ0v) is 29.3. The highest BCUT2D eigenvalue weighted by Crippen LogP contribution is 2.48. The largest absolute Gasteiger partial charge is 0.456 e. The van der Waals surface area contributed by atoms with E-state index >= 15 is 0 Å². The normalized spacial score (nSPS) is 11.8. The van der Waals surface area contributed by atoms with Gasteiger partial charge in [-0.2, -0.15) is 0 Å². The fraction of sp³-hybridized carbons (Fsp3) is 0. The van der Waals surface area contributed by atoms with Crippen molar-refractivity contribution >= 4 is 110 Å². The third kappa shape index (κ3) is 4.75. The van der Waals surface area contributed by atoms with Crippen LogP contribution in [0.3, 0.4) is 0 Å². The fourth-order valence-electron chi connectivity index (χ4n) is 7.93. The molecule has 0 amide bonds. The lowest BCUT2D eigenvalue weighted by Crippen LogP contribution is -2.10. The van der Waals surface area contributed by atoms with Crippen LogP contribution in [0.4, 0.5) is 34.1 Å². The number of para-hydroxylation sites is 3. The fourth-order valence-corrected chi connectivity index (χ4v) is 9.07. The van der Waals surface area contributed by atoms with Gasteiger partial charge in [0, 0.05) is 59.8 Å². The Labute approximate surface area is 308 Å². The summed E-state index contributed by atoms with van der Waals surface area (Å²) in [6, 6.07) is 64.1. The van der Waals surface area contributed by atoms with Gasteiger partial charge < -0.3 is 18.6 Å². The van der Waals surface area contributed by atoms with Crippen molar-refractivity contribution in [3.63, 3.8) is 0 Å². The lowest BCUT2D eigenvalue weighted by molar-refractivity contribution is 0.669. The number of nitrogens with zero attached hydrogens (tertiary/aromatic N) is 2. The number of anilines is 6. The van der Waals surface area contributed by atoms with Gasteiger partial charge in [-0.15, -0.1) is 11.3 Å². The molecule has 0 spiro atoms. The maximum Gasteiger partial charge on any atom is 0.137 e. The Morgan fingerprint density at radius 1 is 0.321 bits per heavy atom. The van der Waals surface area contributed by atoms with Crippen molar-refractivity contribution in [2.24, 2.45) is 0 Å². The van der Waals surface area contributed by atoms with Crippen molar-refractivity contribution in [3.8, 4) is 0 Å². The standard InChI is InChI=1S/C48H30N2O2S/c1-3-13-31(14-4-1)49(34-25-27-36-35-17-8-10-24-45(35)53-46(36)30-34)33-26-28-38-44(29-33)52-43-23-12-20-40(48(38)43)50(32-15-5-2-6-16-32)39-19-11-22-42-47(39)37-18-7-9-21-41(37)51-42/h1-30H. The summed E-state index contributed by atoms with van der Waals surface area (Å²) < 4.78 is 15.7. The van der Waals surface area contributed by atoms with Crippen molar-refractivity contribution in [1.29, 1.82) is 0 Å². The van der Waals surface area contributed by atoms with Crippen molar-refractivity contribution < 1.29 is 8.83 Å². The van der Waals surface area contributed by atoms with Gasteiger partial charge in [0.25, 0.3) is 0 Å². The van der Waals surface area contributed by atoms with E-state index < -0.39 is 0 Å². The van der Waals surface area contributed by atoms with Gasteiger partial charge in [-0.25, -0.2) is 0 Å². The van der Waals surface area contributed by atoms with Gasteiger partial charge in [0.2, 0.25) is 0 Å². The van der Waals surface area contributed by atoms with Gasteiger partial charge in [-0.05, 0) is 84.9 Å². The van der Waals surface area contributed by atoms with Gasteiger partial charge in [-0.1, -0.05) is 91.0 Å². The van der Waals surface area contributed by atoms with Gasteiger partial charge in [0.05, 0.1) is 22.1 Å². The molecule has 0 atom stereocenters. The van der Waals surface area contributed by atoms with Crippen molar-refractivity contribution in [3.05, 3.63) is 182 Å². The molecule has 11 rings (SSSR count). The first-order valence-corrected chi connectivity index (χ1v) is 18.6. The molecule has 11 aromatic rings. The van der Waals surface area contributed by atoms with Crippen LogP contribution in [0.25, 0.3) is 64.0 Å². The average Bonchev–Trinajstić information content (AvgIpc) is 3.90. The van der Waals surface area contributed by atoms with E-state index in [0.29, 0.717) is 0 Å². The SMILES string of the molecule is c1ccc(N(c2ccc3c(c2)oc2cccc(N(c4ccccc4)c4cccc5oc6ccccc6c45)c23)c2ccc3c(c2)sc2ccccc23)cc1. The minimum atomic E-state index is 0.828. The highest BCUT2D eigenvalue weighted by atomic mass is 32.1. The summed E-state index contributed by atoms with van der Waals surface area (Å²) in [5.41, 5.74) is 9.73. The van der Waals surface area contributed by atoms with E-state index in [9.17, 15) is 0 Å². The number of rotatable bonds is 6. The number of benzene rings is 8. The van der Waals surface area contributed by atoms with Gasteiger partial charge >= 0.3 is 0 Å². The second kappa shape index (κ2) is 11.9. The minimum absolute atomic E-state index is 0.828. The highest BCUT2D eigenvalue weighted by molar-refractivity contribution is 7.25. The third-order valence-corrected chi connectivity index (χ3v) is 11.4. The van der Waals surface area contributed by atoms with Gasteiger partial charge in [0.15, 0.2) is 0 Å². The van der Waals surface area contributed by atoms with Crippen LogP contribution in [-0.4, -0.2) is 0 Å². The first-order chi connectivity index (χ1) is 26.3. The highest BCUT2D eigenvalue weighted by Gasteiger charge is 2.24. The molecule has 0 saturated carbocycles. The molecule has 3 aromatic heterocycles. The number of hydrogen-bond donors (Lipinski definition) is 0. The predicted molar refractivity (Wildman–Crippen MR) is 223 cm³/mol. The molecular weight excluding hydrogens is 669 g/mol. The smallest absolute Gasteiger partial charge is 0.137 e. The van der Waals surface area contributed by atoms with Crippen LogP contribution in [0.5, 0.6) is 0 Å². The first-order valence-electron chi connectivity index (χ1n) is 17.8. The summed E-state index contributed by atoms with van der Waals surface area (Å²) in [6.45, 7) is 0. The van der Waals surface area contributed by atoms with Crippen LogP contribution in [0.1, 0.15) is 0 Å². The van der Waals surface area contributed by atoms with Gasteiger partial charge in [0.1, 0.15) is 22.3 Å². The van der Waals surface area contributed by atoms with E-state index in [1.54, 1.807) is 0 Å². The molecule has 53 heavy (non-hydrogen) atoms. The zero-order valence-electron chi connectivity index (χ0n) is 28.4. The number of furan rings is 2. The second-order valence-electron chi connectivity index (χ2n) is 13.3. The lowest BCUT2D eigenvalue weighted by Gasteiger charge is -2.27. The summed E-state index contributed by atoms with van der Waals surface area (Å²) >= 11 is 1.84. The number of thiophene rings is 1. The van der Waals surface area contributed by atoms with E-state index in [1.165, 1.54) is 20.2 Å². The van der Waals surface area contributed by atoms with Crippen molar-refractivity contribution in [1.82, 2.24) is 0 Å². The van der Waals surface area contributed by atoms with E-state index in [-0.39, 0.29) is 0 Å². The summed E-state index contributed by atoms with van der Waals surface area (Å²) in [7, 11) is 0. The molecule has 4 nitrogen and oxygen atoms in total. The Balaban J connectivity index is 1.11. The first kappa shape index (κ1) is 29.9. The molecule has 5 heteroatoms. The molecule has 250 valence electrons. The molecule has 0 bridgehead atoms. The van der Waals surface area contributed by atoms with E-state index in [0.717, 1.165) is 78.0 Å². The molecule has 0 aliphatic heterocycles. The van der Waals surface area contributed by atoms with E-state index in [2.05, 4.69) is 174 Å². The van der Waals surface area contributed by atoms with Crippen LogP contribution < -0.4 is 9.80 Å². The topological polar surface area (TPSA) is 32.8 Å². The molecule has 3 heterocycles. The summed E-state index contributed by atoms with van der Waals surface area (Å²) in [5, 5.41) is 6.85. The van der Waals surface area contributed by atoms with Crippen LogP contribution in [0, 0.1) is 0 Å². The van der Waals surface area contributed by atoms with Crippen LogP contribution >= 0.6 is 11.3 Å². The third-order valence-electron chi connectivity index (χ3n) is 10.2. The quantitative estimate of drug-likeness (QED) is 0.173. The molecule has 0 radical (unpaired) electrons. The van der Waals surface area contributed by atoms with Crippen molar-refractivity contribution in [2.45, 2.75) is 0 Å². The molecule has 0 unspecified atom stereocenters.